The number of nitrogens with one attached hydrogen (secondary N) is 1. The van der Waals surface area contributed by atoms with Gasteiger partial charge in [0.25, 0.3) is 5.92 Å². The molecule has 1 aliphatic rings. The zero-order chi connectivity index (χ0) is 23.0. The first-order chi connectivity index (χ1) is 15.9. The Kier molecular flexibility index (Phi) is 5.43. The highest BCUT2D eigenvalue weighted by atomic mass is 19.3. The number of nitrogens with zero attached hydrogens (tertiary/aromatic N) is 3. The van der Waals surface area contributed by atoms with Gasteiger partial charge in [-0.2, -0.15) is 5.26 Å². The summed E-state index contributed by atoms with van der Waals surface area (Å²) in [5.74, 6) is -3.45. The van der Waals surface area contributed by atoms with Crippen LogP contribution in [0.1, 0.15) is 17.5 Å². The summed E-state index contributed by atoms with van der Waals surface area (Å²) >= 11 is 0. The molecule has 5 rings (SSSR count). The Bertz CT molecular complexity index is 1330. The molecule has 1 atom stereocenters. The van der Waals surface area contributed by atoms with Crippen molar-refractivity contribution in [3.8, 4) is 28.5 Å². The maximum atomic E-state index is 14.5. The van der Waals surface area contributed by atoms with E-state index in [-0.39, 0.29) is 13.0 Å². The summed E-state index contributed by atoms with van der Waals surface area (Å²) in [6.45, 7) is 2.91. The van der Waals surface area contributed by atoms with Gasteiger partial charge in [-0.3, -0.25) is 0 Å². The number of nitriles is 1. The Morgan fingerprint density at radius 3 is 2.52 bits per heavy atom. The van der Waals surface area contributed by atoms with E-state index in [1.165, 1.54) is 0 Å². The monoisotopic (exact) mass is 442 g/mol. The number of aryl methyl sites for hydroxylation is 1. The highest BCUT2D eigenvalue weighted by Crippen LogP contribution is 2.36. The first kappa shape index (κ1) is 21.3. The van der Waals surface area contributed by atoms with Crippen molar-refractivity contribution in [3.05, 3.63) is 78.0 Å². The number of fused-ring (bicyclic) bond motifs is 1. The van der Waals surface area contributed by atoms with Gasteiger partial charge in [0.15, 0.2) is 0 Å². The van der Waals surface area contributed by atoms with E-state index in [0.29, 0.717) is 18.7 Å². The standard InChI is InChI=1S/C27H24F2N4/c1-18-2-6-21(7-3-18)26-23(20-8-4-19(15-30)5-9-20)14-25-24(32-26)10-13-33(25)17-22-16-31-12-11-27(22,28)29/h2-10,13-14,22,31H,11-12,16-17H2,1H3/t22-/m0/s1. The van der Waals surface area contributed by atoms with Crippen molar-refractivity contribution in [2.24, 2.45) is 5.92 Å². The summed E-state index contributed by atoms with van der Waals surface area (Å²) in [4.78, 5) is 4.96. The molecule has 0 aliphatic carbocycles. The van der Waals surface area contributed by atoms with Gasteiger partial charge in [0.05, 0.1) is 34.3 Å². The highest BCUT2D eigenvalue weighted by Gasteiger charge is 2.41. The predicted octanol–water partition coefficient (Wildman–Crippen LogP) is 5.80. The predicted molar refractivity (Wildman–Crippen MR) is 126 cm³/mol. The molecule has 0 bridgehead atoms. The molecule has 3 heterocycles. The Morgan fingerprint density at radius 1 is 1.09 bits per heavy atom. The summed E-state index contributed by atoms with van der Waals surface area (Å²) in [7, 11) is 0. The number of pyridine rings is 1. The van der Waals surface area contributed by atoms with Gasteiger partial charge >= 0.3 is 0 Å². The number of aromatic nitrogens is 2. The Labute approximate surface area is 191 Å². The van der Waals surface area contributed by atoms with Crippen LogP contribution < -0.4 is 5.32 Å². The Hall–Kier alpha value is -3.56. The first-order valence-corrected chi connectivity index (χ1v) is 11.1. The van der Waals surface area contributed by atoms with E-state index >= 15 is 0 Å². The average Bonchev–Trinajstić information content (AvgIpc) is 3.22. The lowest BCUT2D eigenvalue weighted by Gasteiger charge is -2.32. The van der Waals surface area contributed by atoms with Crippen molar-refractivity contribution in [2.45, 2.75) is 25.8 Å². The van der Waals surface area contributed by atoms with Gasteiger partial charge in [-0.05, 0) is 36.8 Å². The van der Waals surface area contributed by atoms with Gasteiger partial charge in [0.1, 0.15) is 0 Å². The van der Waals surface area contributed by atoms with E-state index < -0.39 is 11.8 Å². The van der Waals surface area contributed by atoms with E-state index in [4.69, 9.17) is 4.98 Å². The average molecular weight is 443 g/mol. The third kappa shape index (κ3) is 4.12. The molecule has 2 aromatic carbocycles. The molecule has 1 fully saturated rings. The van der Waals surface area contributed by atoms with Crippen molar-refractivity contribution < 1.29 is 8.78 Å². The minimum Gasteiger partial charge on any atom is -0.346 e. The van der Waals surface area contributed by atoms with Crippen LogP contribution in [0.15, 0.2) is 66.9 Å². The number of rotatable bonds is 4. The van der Waals surface area contributed by atoms with Crippen LogP contribution in [0.2, 0.25) is 0 Å². The Balaban J connectivity index is 1.63. The molecule has 33 heavy (non-hydrogen) atoms. The smallest absolute Gasteiger partial charge is 0.255 e. The molecule has 1 N–H and O–H groups in total. The minimum atomic E-state index is -2.69. The van der Waals surface area contributed by atoms with E-state index in [0.717, 1.165) is 39.0 Å². The lowest BCUT2D eigenvalue weighted by molar-refractivity contribution is -0.0830. The zero-order valence-electron chi connectivity index (χ0n) is 18.4. The number of piperidine rings is 1. The number of hydrogen-bond acceptors (Lipinski definition) is 3. The second kappa shape index (κ2) is 8.42. The quantitative estimate of drug-likeness (QED) is 0.435. The molecule has 6 heteroatoms. The van der Waals surface area contributed by atoms with Gasteiger partial charge in [-0.1, -0.05) is 42.0 Å². The molecule has 0 spiro atoms. The van der Waals surface area contributed by atoms with Crippen LogP contribution in [0.3, 0.4) is 0 Å². The van der Waals surface area contributed by atoms with E-state index in [2.05, 4.69) is 11.4 Å². The molecule has 166 valence electrons. The molecule has 0 unspecified atom stereocenters. The minimum absolute atomic E-state index is 0.136. The number of alkyl halides is 2. The lowest BCUT2D eigenvalue weighted by Crippen LogP contribution is -2.46. The molecule has 4 nitrogen and oxygen atoms in total. The Morgan fingerprint density at radius 2 is 1.82 bits per heavy atom. The summed E-state index contributed by atoms with van der Waals surface area (Å²) in [5, 5.41) is 12.3. The molecular formula is C27H24F2N4. The molecule has 1 saturated heterocycles. The van der Waals surface area contributed by atoms with Crippen LogP contribution in [-0.4, -0.2) is 28.6 Å². The summed E-state index contributed by atoms with van der Waals surface area (Å²) in [6, 6.07) is 21.6. The van der Waals surface area contributed by atoms with Crippen molar-refractivity contribution >= 4 is 11.0 Å². The molecular weight excluding hydrogens is 418 g/mol. The second-order valence-corrected chi connectivity index (χ2v) is 8.72. The molecule has 2 aromatic heterocycles. The number of hydrogen-bond donors (Lipinski definition) is 1. The fourth-order valence-corrected chi connectivity index (χ4v) is 4.47. The third-order valence-corrected chi connectivity index (χ3v) is 6.44. The highest BCUT2D eigenvalue weighted by molar-refractivity contribution is 5.90. The van der Waals surface area contributed by atoms with Crippen molar-refractivity contribution in [1.29, 1.82) is 5.26 Å². The first-order valence-electron chi connectivity index (χ1n) is 11.1. The summed E-state index contributed by atoms with van der Waals surface area (Å²) < 4.78 is 30.9. The molecule has 0 amide bonds. The van der Waals surface area contributed by atoms with Crippen LogP contribution in [0.25, 0.3) is 33.4 Å². The number of halogens is 2. The normalized spacial score (nSPS) is 17.7. The largest absolute Gasteiger partial charge is 0.346 e. The topological polar surface area (TPSA) is 53.6 Å². The van der Waals surface area contributed by atoms with E-state index in [1.54, 1.807) is 12.1 Å². The van der Waals surface area contributed by atoms with E-state index in [9.17, 15) is 14.0 Å². The maximum absolute atomic E-state index is 14.5. The van der Waals surface area contributed by atoms with Gasteiger partial charge < -0.3 is 9.88 Å². The fourth-order valence-electron chi connectivity index (χ4n) is 4.47. The van der Waals surface area contributed by atoms with Gasteiger partial charge in [-0.15, -0.1) is 0 Å². The SMILES string of the molecule is Cc1ccc(-c2nc3ccn(C[C@@H]4CNCCC4(F)F)c3cc2-c2ccc(C#N)cc2)cc1. The molecule has 4 aromatic rings. The van der Waals surface area contributed by atoms with Crippen molar-refractivity contribution in [1.82, 2.24) is 14.9 Å². The molecule has 1 aliphatic heterocycles. The van der Waals surface area contributed by atoms with E-state index in [1.807, 2.05) is 66.2 Å². The van der Waals surface area contributed by atoms with Crippen LogP contribution in [0, 0.1) is 24.2 Å². The van der Waals surface area contributed by atoms with Crippen molar-refractivity contribution in [3.63, 3.8) is 0 Å². The van der Waals surface area contributed by atoms with Crippen LogP contribution in [-0.2, 0) is 6.54 Å². The lowest BCUT2D eigenvalue weighted by atomic mass is 9.94. The number of benzene rings is 2. The third-order valence-electron chi connectivity index (χ3n) is 6.44. The second-order valence-electron chi connectivity index (χ2n) is 8.72. The fraction of sp³-hybridized carbons (Fsp3) is 0.259. The van der Waals surface area contributed by atoms with Crippen LogP contribution in [0.4, 0.5) is 8.78 Å². The van der Waals surface area contributed by atoms with Crippen LogP contribution in [0.5, 0.6) is 0 Å². The van der Waals surface area contributed by atoms with Crippen LogP contribution >= 0.6 is 0 Å². The summed E-state index contributed by atoms with van der Waals surface area (Å²) in [5.41, 5.74) is 6.99. The molecule has 0 radical (unpaired) electrons. The summed E-state index contributed by atoms with van der Waals surface area (Å²) in [6.07, 6.45) is 1.72. The van der Waals surface area contributed by atoms with Crippen molar-refractivity contribution in [2.75, 3.05) is 13.1 Å². The van der Waals surface area contributed by atoms with Gasteiger partial charge in [0, 0.05) is 43.4 Å². The van der Waals surface area contributed by atoms with Gasteiger partial charge in [0.2, 0.25) is 0 Å². The zero-order valence-corrected chi connectivity index (χ0v) is 18.4. The van der Waals surface area contributed by atoms with Gasteiger partial charge in [-0.25, -0.2) is 13.8 Å². The molecule has 0 saturated carbocycles. The maximum Gasteiger partial charge on any atom is 0.255 e.